The van der Waals surface area contributed by atoms with Gasteiger partial charge in [0.15, 0.2) is 0 Å². The third-order valence-corrected chi connectivity index (χ3v) is 3.49. The lowest BCUT2D eigenvalue weighted by Crippen LogP contribution is -1.91. The maximum atomic E-state index is 13.5. The highest BCUT2D eigenvalue weighted by Gasteiger charge is 2.02. The fourth-order valence-electron chi connectivity index (χ4n) is 1.82. The molecule has 0 amide bonds. The van der Waals surface area contributed by atoms with Gasteiger partial charge in [-0.1, -0.05) is 45.1 Å². The van der Waals surface area contributed by atoms with Crippen LogP contribution in [0.5, 0.6) is 0 Å². The zero-order valence-corrected chi connectivity index (χ0v) is 12.1. The molecule has 0 aliphatic rings. The van der Waals surface area contributed by atoms with Crippen LogP contribution in [0.25, 0.3) is 0 Å². The summed E-state index contributed by atoms with van der Waals surface area (Å²) in [6.07, 6.45) is 8.46. The molecule has 0 saturated heterocycles. The Morgan fingerprint density at radius 3 is 2.44 bits per heavy atom. The Bertz CT molecular complexity index is 310. The highest BCUT2D eigenvalue weighted by Crippen LogP contribution is 2.15. The lowest BCUT2D eigenvalue weighted by molar-refractivity contribution is 0.580. The molecule has 0 atom stereocenters. The van der Waals surface area contributed by atoms with Crippen molar-refractivity contribution in [3.8, 4) is 0 Å². The molecule has 0 radical (unpaired) electrons. The predicted molar refractivity (Wildman–Crippen MR) is 76.2 cm³/mol. The Hall–Kier alpha value is -0.120. The average Bonchev–Trinajstić information content (AvgIpc) is 2.26. The van der Waals surface area contributed by atoms with Gasteiger partial charge >= 0.3 is 0 Å². The fourth-order valence-corrected chi connectivity index (χ4v) is 2.27. The Labute approximate surface area is 112 Å². The minimum atomic E-state index is -0.0412. The van der Waals surface area contributed by atoms with Crippen LogP contribution in [0.1, 0.15) is 51.0 Å². The number of hydrogen-bond acceptors (Lipinski definition) is 0. The van der Waals surface area contributed by atoms with Crippen LogP contribution in [0.2, 0.25) is 0 Å². The van der Waals surface area contributed by atoms with Gasteiger partial charge in [-0.05, 0) is 53.1 Å². The van der Waals surface area contributed by atoms with Gasteiger partial charge in [0, 0.05) is 3.57 Å². The molecular formula is C14H20FI. The number of aryl methyl sites for hydroxylation is 1. The number of halogens is 2. The summed E-state index contributed by atoms with van der Waals surface area (Å²) in [7, 11) is 0. The molecule has 0 bridgehead atoms. The van der Waals surface area contributed by atoms with E-state index in [4.69, 9.17) is 0 Å². The van der Waals surface area contributed by atoms with E-state index in [-0.39, 0.29) is 5.82 Å². The maximum Gasteiger partial charge on any atom is 0.127 e. The van der Waals surface area contributed by atoms with Crippen LogP contribution in [0, 0.1) is 9.39 Å². The molecule has 0 unspecified atom stereocenters. The topological polar surface area (TPSA) is 0 Å². The highest BCUT2D eigenvalue weighted by atomic mass is 127. The summed E-state index contributed by atoms with van der Waals surface area (Å²) in [6, 6.07) is 5.52. The van der Waals surface area contributed by atoms with Crippen molar-refractivity contribution in [1.82, 2.24) is 0 Å². The number of unbranched alkanes of at least 4 members (excludes halogenated alkanes) is 5. The van der Waals surface area contributed by atoms with Crippen molar-refractivity contribution in [2.24, 2.45) is 0 Å². The smallest absolute Gasteiger partial charge is 0.127 e. The Morgan fingerprint density at radius 2 is 1.75 bits per heavy atom. The highest BCUT2D eigenvalue weighted by molar-refractivity contribution is 14.1. The lowest BCUT2D eigenvalue weighted by atomic mass is 10.0. The number of hydrogen-bond donors (Lipinski definition) is 0. The zero-order valence-electron chi connectivity index (χ0n) is 9.94. The maximum absolute atomic E-state index is 13.5. The van der Waals surface area contributed by atoms with Crippen molar-refractivity contribution in [3.05, 3.63) is 33.1 Å². The molecule has 0 spiro atoms. The quantitative estimate of drug-likeness (QED) is 0.467. The van der Waals surface area contributed by atoms with E-state index in [1.165, 1.54) is 32.1 Å². The van der Waals surface area contributed by atoms with Gasteiger partial charge in [0.2, 0.25) is 0 Å². The zero-order chi connectivity index (χ0) is 11.8. The van der Waals surface area contributed by atoms with Crippen LogP contribution in [-0.2, 0) is 6.42 Å². The van der Waals surface area contributed by atoms with Crippen LogP contribution >= 0.6 is 22.6 Å². The molecule has 0 nitrogen and oxygen atoms in total. The molecule has 0 aromatic heterocycles. The second-order valence-electron chi connectivity index (χ2n) is 4.25. The van der Waals surface area contributed by atoms with Crippen LogP contribution in [-0.4, -0.2) is 0 Å². The van der Waals surface area contributed by atoms with E-state index in [1.807, 2.05) is 12.1 Å². The van der Waals surface area contributed by atoms with Gasteiger partial charge in [-0.25, -0.2) is 4.39 Å². The van der Waals surface area contributed by atoms with Crippen molar-refractivity contribution >= 4 is 22.6 Å². The Balaban J connectivity index is 2.21. The summed E-state index contributed by atoms with van der Waals surface area (Å²) in [6.45, 7) is 2.22. The lowest BCUT2D eigenvalue weighted by Gasteiger charge is -2.04. The summed E-state index contributed by atoms with van der Waals surface area (Å²) in [5.74, 6) is -0.0412. The first-order valence-corrected chi connectivity index (χ1v) is 7.26. The molecule has 90 valence electrons. The van der Waals surface area contributed by atoms with Crippen molar-refractivity contribution in [2.45, 2.75) is 51.9 Å². The third kappa shape index (κ3) is 5.28. The molecule has 1 aromatic carbocycles. The molecule has 0 heterocycles. The van der Waals surface area contributed by atoms with Crippen molar-refractivity contribution < 1.29 is 4.39 Å². The summed E-state index contributed by atoms with van der Waals surface area (Å²) in [5.41, 5.74) is 0.871. The first kappa shape index (κ1) is 13.9. The van der Waals surface area contributed by atoms with Crippen LogP contribution in [0.3, 0.4) is 0 Å². The Morgan fingerprint density at radius 1 is 1.06 bits per heavy atom. The molecule has 0 fully saturated rings. The number of rotatable bonds is 7. The van der Waals surface area contributed by atoms with Crippen LogP contribution < -0.4 is 0 Å². The van der Waals surface area contributed by atoms with Crippen molar-refractivity contribution in [3.63, 3.8) is 0 Å². The summed E-state index contributed by atoms with van der Waals surface area (Å²) in [4.78, 5) is 0. The molecule has 1 aromatic rings. The first-order chi connectivity index (χ1) is 7.74. The molecular weight excluding hydrogens is 314 g/mol. The molecule has 0 saturated carbocycles. The van der Waals surface area contributed by atoms with Gasteiger partial charge < -0.3 is 0 Å². The van der Waals surface area contributed by atoms with E-state index in [0.717, 1.165) is 22.0 Å². The predicted octanol–water partition coefficient (Wildman–Crippen LogP) is 5.33. The largest absolute Gasteiger partial charge is 0.207 e. The standard InChI is InChI=1S/C14H20FI/c1-2-3-4-5-6-7-8-12-9-10-13(16)11-14(12)15/h9-11H,2-8H2,1H3. The van der Waals surface area contributed by atoms with E-state index in [2.05, 4.69) is 29.5 Å². The monoisotopic (exact) mass is 334 g/mol. The summed E-state index contributed by atoms with van der Waals surface area (Å²) < 4.78 is 14.4. The van der Waals surface area contributed by atoms with E-state index in [9.17, 15) is 4.39 Å². The molecule has 2 heteroatoms. The van der Waals surface area contributed by atoms with Crippen LogP contribution in [0.4, 0.5) is 4.39 Å². The normalized spacial score (nSPS) is 10.7. The first-order valence-electron chi connectivity index (χ1n) is 6.18. The van der Waals surface area contributed by atoms with Gasteiger partial charge in [0.1, 0.15) is 5.82 Å². The Kier molecular flexibility index (Phi) is 7.01. The van der Waals surface area contributed by atoms with Gasteiger partial charge in [-0.15, -0.1) is 0 Å². The second kappa shape index (κ2) is 8.04. The van der Waals surface area contributed by atoms with E-state index >= 15 is 0 Å². The van der Waals surface area contributed by atoms with E-state index in [1.54, 1.807) is 6.07 Å². The average molecular weight is 334 g/mol. The van der Waals surface area contributed by atoms with Gasteiger partial charge in [0.25, 0.3) is 0 Å². The summed E-state index contributed by atoms with van der Waals surface area (Å²) in [5, 5.41) is 0. The second-order valence-corrected chi connectivity index (χ2v) is 5.50. The third-order valence-electron chi connectivity index (χ3n) is 2.81. The molecule has 0 aliphatic heterocycles. The summed E-state index contributed by atoms with van der Waals surface area (Å²) >= 11 is 2.14. The molecule has 0 aliphatic carbocycles. The van der Waals surface area contributed by atoms with Crippen molar-refractivity contribution in [2.75, 3.05) is 0 Å². The minimum Gasteiger partial charge on any atom is -0.207 e. The minimum absolute atomic E-state index is 0.0412. The molecule has 1 rings (SSSR count). The number of benzene rings is 1. The van der Waals surface area contributed by atoms with Crippen molar-refractivity contribution in [1.29, 1.82) is 0 Å². The van der Waals surface area contributed by atoms with E-state index in [0.29, 0.717) is 0 Å². The SMILES string of the molecule is CCCCCCCCc1ccc(I)cc1F. The fraction of sp³-hybridized carbons (Fsp3) is 0.571. The van der Waals surface area contributed by atoms with Gasteiger partial charge in [0.05, 0.1) is 0 Å². The van der Waals surface area contributed by atoms with Gasteiger partial charge in [-0.3, -0.25) is 0 Å². The van der Waals surface area contributed by atoms with E-state index < -0.39 is 0 Å². The van der Waals surface area contributed by atoms with Crippen LogP contribution in [0.15, 0.2) is 18.2 Å². The molecule has 0 N–H and O–H groups in total. The molecule has 16 heavy (non-hydrogen) atoms. The van der Waals surface area contributed by atoms with Gasteiger partial charge in [-0.2, -0.15) is 0 Å².